The molecule has 1 aliphatic heterocycles. The van der Waals surface area contributed by atoms with Gasteiger partial charge in [-0.3, -0.25) is 10.1 Å². The number of ether oxygens (including phenoxy) is 2. The Hall–Kier alpha value is -2.13. The molecule has 0 radical (unpaired) electrons. The normalized spacial score (nSPS) is 18.3. The summed E-state index contributed by atoms with van der Waals surface area (Å²) in [6.45, 7) is 1.93. The van der Waals surface area contributed by atoms with Crippen LogP contribution in [-0.2, 0) is 4.74 Å². The smallest absolute Gasteiger partial charge is 0.287 e. The zero-order valence-corrected chi connectivity index (χ0v) is 9.67. The fraction of sp³-hybridized carbons (Fsp3) is 0.417. The second-order valence-corrected chi connectivity index (χ2v) is 4.09. The van der Waals surface area contributed by atoms with E-state index >= 15 is 0 Å². The summed E-state index contributed by atoms with van der Waals surface area (Å²) in [7, 11) is 0. The molecule has 6 nitrogen and oxygen atoms in total. The van der Waals surface area contributed by atoms with Crippen LogP contribution in [0.15, 0.2) is 18.2 Å². The first-order chi connectivity index (χ1) is 8.70. The van der Waals surface area contributed by atoms with Crippen molar-refractivity contribution in [3.8, 4) is 11.8 Å². The Morgan fingerprint density at radius 1 is 1.61 bits per heavy atom. The minimum Gasteiger partial charge on any atom is -0.493 e. The van der Waals surface area contributed by atoms with Gasteiger partial charge < -0.3 is 9.47 Å². The maximum atomic E-state index is 10.7. The first kappa shape index (κ1) is 12.3. The van der Waals surface area contributed by atoms with Crippen molar-refractivity contribution < 1.29 is 14.4 Å². The van der Waals surface area contributed by atoms with Crippen molar-refractivity contribution in [3.05, 3.63) is 33.9 Å². The molecule has 0 aliphatic carbocycles. The second-order valence-electron chi connectivity index (χ2n) is 4.09. The maximum absolute atomic E-state index is 10.7. The van der Waals surface area contributed by atoms with E-state index in [1.54, 1.807) is 6.07 Å². The standard InChI is InChI=1S/C12H12N2O4/c13-6-10-5-11(1-2-12(10)14(15)16)18-8-9-3-4-17-7-9/h1-2,5,9H,3-4,7-8H2. The monoisotopic (exact) mass is 248 g/mol. The lowest BCUT2D eigenvalue weighted by molar-refractivity contribution is -0.385. The van der Waals surface area contributed by atoms with Crippen LogP contribution in [0.2, 0.25) is 0 Å². The Labute approximate surface area is 104 Å². The average molecular weight is 248 g/mol. The number of nitro benzene ring substituents is 1. The van der Waals surface area contributed by atoms with Crippen molar-refractivity contribution in [2.45, 2.75) is 6.42 Å². The van der Waals surface area contributed by atoms with Gasteiger partial charge in [-0.1, -0.05) is 0 Å². The molecule has 18 heavy (non-hydrogen) atoms. The van der Waals surface area contributed by atoms with E-state index < -0.39 is 4.92 Å². The van der Waals surface area contributed by atoms with Crippen LogP contribution in [0.25, 0.3) is 0 Å². The minimum absolute atomic E-state index is 0.0140. The fourth-order valence-electron chi connectivity index (χ4n) is 1.78. The molecule has 1 atom stereocenters. The first-order valence-corrected chi connectivity index (χ1v) is 5.60. The molecule has 1 unspecified atom stereocenters. The highest BCUT2D eigenvalue weighted by atomic mass is 16.6. The van der Waals surface area contributed by atoms with E-state index in [1.807, 2.05) is 0 Å². The third-order valence-corrected chi connectivity index (χ3v) is 2.79. The fourth-order valence-corrected chi connectivity index (χ4v) is 1.78. The Balaban J connectivity index is 2.05. The molecule has 0 bridgehead atoms. The SMILES string of the molecule is N#Cc1cc(OCC2CCOC2)ccc1[N+](=O)[O-]. The van der Waals surface area contributed by atoms with E-state index in [9.17, 15) is 10.1 Å². The summed E-state index contributed by atoms with van der Waals surface area (Å²) in [4.78, 5) is 10.1. The second kappa shape index (κ2) is 5.47. The van der Waals surface area contributed by atoms with E-state index in [4.69, 9.17) is 14.7 Å². The third-order valence-electron chi connectivity index (χ3n) is 2.79. The van der Waals surface area contributed by atoms with Crippen molar-refractivity contribution in [2.24, 2.45) is 5.92 Å². The number of hydrogen-bond acceptors (Lipinski definition) is 5. The molecule has 0 saturated carbocycles. The van der Waals surface area contributed by atoms with Gasteiger partial charge in [0.25, 0.3) is 5.69 Å². The van der Waals surface area contributed by atoms with E-state index in [1.165, 1.54) is 18.2 Å². The van der Waals surface area contributed by atoms with Gasteiger partial charge in [0.1, 0.15) is 17.4 Å². The van der Waals surface area contributed by atoms with Crippen LogP contribution in [-0.4, -0.2) is 24.7 Å². The van der Waals surface area contributed by atoms with Crippen LogP contribution in [0.1, 0.15) is 12.0 Å². The van der Waals surface area contributed by atoms with Crippen LogP contribution in [0.4, 0.5) is 5.69 Å². The lowest BCUT2D eigenvalue weighted by atomic mass is 10.1. The molecular weight excluding hydrogens is 236 g/mol. The Bertz CT molecular complexity index is 489. The molecule has 1 aromatic rings. The zero-order chi connectivity index (χ0) is 13.0. The molecular formula is C12H12N2O4. The summed E-state index contributed by atoms with van der Waals surface area (Å²) in [5, 5.41) is 19.5. The summed E-state index contributed by atoms with van der Waals surface area (Å²) < 4.78 is 10.7. The van der Waals surface area contributed by atoms with Gasteiger partial charge in [0.05, 0.1) is 18.1 Å². The molecule has 1 saturated heterocycles. The van der Waals surface area contributed by atoms with Crippen molar-refractivity contribution >= 4 is 5.69 Å². The summed E-state index contributed by atoms with van der Waals surface area (Å²) in [5.41, 5.74) is -0.186. The largest absolute Gasteiger partial charge is 0.493 e. The highest BCUT2D eigenvalue weighted by Crippen LogP contribution is 2.24. The first-order valence-electron chi connectivity index (χ1n) is 5.60. The molecule has 1 heterocycles. The number of benzene rings is 1. The van der Waals surface area contributed by atoms with Crippen LogP contribution in [0, 0.1) is 27.4 Å². The number of nitriles is 1. The van der Waals surface area contributed by atoms with Gasteiger partial charge in [-0.15, -0.1) is 0 Å². The number of rotatable bonds is 4. The van der Waals surface area contributed by atoms with Crippen LogP contribution >= 0.6 is 0 Å². The third kappa shape index (κ3) is 2.76. The van der Waals surface area contributed by atoms with Gasteiger partial charge in [-0.05, 0) is 12.5 Å². The molecule has 0 amide bonds. The van der Waals surface area contributed by atoms with Gasteiger partial charge in [-0.25, -0.2) is 0 Å². The van der Waals surface area contributed by atoms with E-state index in [0.717, 1.165) is 13.0 Å². The van der Waals surface area contributed by atoms with Crippen molar-refractivity contribution in [1.82, 2.24) is 0 Å². The summed E-state index contributed by atoms with van der Waals surface area (Å²) in [6.07, 6.45) is 0.956. The molecule has 6 heteroatoms. The van der Waals surface area contributed by atoms with Crippen LogP contribution in [0.5, 0.6) is 5.75 Å². The molecule has 94 valence electrons. The van der Waals surface area contributed by atoms with Crippen molar-refractivity contribution in [1.29, 1.82) is 5.26 Å². The molecule has 0 N–H and O–H groups in total. The predicted molar refractivity (Wildman–Crippen MR) is 62.2 cm³/mol. The molecule has 1 aliphatic rings. The van der Waals surface area contributed by atoms with Crippen molar-refractivity contribution in [2.75, 3.05) is 19.8 Å². The topological polar surface area (TPSA) is 85.4 Å². The Morgan fingerprint density at radius 3 is 3.06 bits per heavy atom. The Morgan fingerprint density at radius 2 is 2.44 bits per heavy atom. The van der Waals surface area contributed by atoms with Crippen molar-refractivity contribution in [3.63, 3.8) is 0 Å². The van der Waals surface area contributed by atoms with Gasteiger partial charge in [0.2, 0.25) is 0 Å². The summed E-state index contributed by atoms with van der Waals surface area (Å²) in [6, 6.07) is 6.00. The van der Waals surface area contributed by atoms with E-state index in [2.05, 4.69) is 0 Å². The van der Waals surface area contributed by atoms with E-state index in [-0.39, 0.29) is 11.3 Å². The molecule has 1 fully saturated rings. The summed E-state index contributed by atoms with van der Waals surface area (Å²) >= 11 is 0. The highest BCUT2D eigenvalue weighted by molar-refractivity contribution is 5.52. The minimum atomic E-state index is -0.576. The van der Waals surface area contributed by atoms with Gasteiger partial charge in [0.15, 0.2) is 0 Å². The molecule has 1 aromatic carbocycles. The van der Waals surface area contributed by atoms with Gasteiger partial charge in [-0.2, -0.15) is 5.26 Å². The molecule has 0 spiro atoms. The number of hydrogen-bond donors (Lipinski definition) is 0. The molecule has 2 rings (SSSR count). The number of nitro groups is 1. The summed E-state index contributed by atoms with van der Waals surface area (Å²) in [5.74, 6) is 0.828. The van der Waals surface area contributed by atoms with E-state index in [0.29, 0.717) is 24.9 Å². The molecule has 0 aromatic heterocycles. The lowest BCUT2D eigenvalue weighted by Gasteiger charge is -2.10. The lowest BCUT2D eigenvalue weighted by Crippen LogP contribution is -2.11. The average Bonchev–Trinajstić information content (AvgIpc) is 2.88. The van der Waals surface area contributed by atoms with Gasteiger partial charge in [0, 0.05) is 24.7 Å². The quantitative estimate of drug-likeness (QED) is 0.599. The Kier molecular flexibility index (Phi) is 3.75. The number of nitrogens with zero attached hydrogens (tertiary/aromatic N) is 2. The zero-order valence-electron chi connectivity index (χ0n) is 9.67. The predicted octanol–water partition coefficient (Wildman–Crippen LogP) is 1.88. The van der Waals surface area contributed by atoms with Crippen LogP contribution < -0.4 is 4.74 Å². The highest BCUT2D eigenvalue weighted by Gasteiger charge is 2.18. The van der Waals surface area contributed by atoms with Gasteiger partial charge >= 0.3 is 0 Å². The maximum Gasteiger partial charge on any atom is 0.287 e. The van der Waals surface area contributed by atoms with Crippen LogP contribution in [0.3, 0.4) is 0 Å².